The number of carbonyl (C=O) groups is 2. The second kappa shape index (κ2) is 5.84. The molecule has 2 amide bonds. The molecule has 2 aromatic rings. The van der Waals surface area contributed by atoms with Crippen LogP contribution in [-0.4, -0.2) is 22.1 Å². The minimum absolute atomic E-state index is 0.0598. The molecule has 0 aliphatic heterocycles. The summed E-state index contributed by atoms with van der Waals surface area (Å²) in [7, 11) is 0. The van der Waals surface area contributed by atoms with Crippen molar-refractivity contribution in [1.29, 1.82) is 0 Å². The topological polar surface area (TPSA) is 94.2 Å². The summed E-state index contributed by atoms with van der Waals surface area (Å²) in [6.45, 7) is 1.66. The zero-order valence-corrected chi connectivity index (χ0v) is 11.6. The highest BCUT2D eigenvalue weighted by Gasteiger charge is 2.15. The summed E-state index contributed by atoms with van der Waals surface area (Å²) < 4.78 is 13.2. The van der Waals surface area contributed by atoms with Crippen LogP contribution in [0.25, 0.3) is 0 Å². The fourth-order valence-corrected chi connectivity index (χ4v) is 1.83. The zero-order chi connectivity index (χ0) is 15.6. The van der Waals surface area contributed by atoms with Crippen LogP contribution in [0.2, 0.25) is 5.02 Å². The zero-order valence-electron chi connectivity index (χ0n) is 10.8. The van der Waals surface area contributed by atoms with Crippen molar-refractivity contribution in [3.8, 4) is 0 Å². The van der Waals surface area contributed by atoms with Crippen molar-refractivity contribution in [3.63, 3.8) is 0 Å². The molecule has 0 fully saturated rings. The molecule has 0 aliphatic rings. The van der Waals surface area contributed by atoms with E-state index in [-0.39, 0.29) is 22.1 Å². The summed E-state index contributed by atoms with van der Waals surface area (Å²) in [5, 5.41) is 13.7. The number of amides is 2. The van der Waals surface area contributed by atoms with E-state index in [1.54, 1.807) is 6.92 Å². The van der Waals surface area contributed by atoms with Crippen LogP contribution in [0.1, 0.15) is 16.2 Å². The molecule has 8 heteroatoms. The van der Waals surface area contributed by atoms with Gasteiger partial charge < -0.3 is 20.7 Å². The summed E-state index contributed by atoms with van der Waals surface area (Å²) >= 11 is 5.53. The predicted molar refractivity (Wildman–Crippen MR) is 76.5 cm³/mol. The molecule has 0 atom stereocenters. The predicted octanol–water partition coefficient (Wildman–Crippen LogP) is 3.46. The summed E-state index contributed by atoms with van der Waals surface area (Å²) in [5.41, 5.74) is 0.760. The number of H-pyrrole nitrogens is 1. The van der Waals surface area contributed by atoms with E-state index in [9.17, 15) is 14.0 Å². The number of hydrogen-bond donors (Lipinski definition) is 4. The summed E-state index contributed by atoms with van der Waals surface area (Å²) in [5.74, 6) is -1.87. The molecule has 21 heavy (non-hydrogen) atoms. The maximum atomic E-state index is 13.2. The first-order chi connectivity index (χ1) is 9.86. The van der Waals surface area contributed by atoms with Crippen molar-refractivity contribution in [2.24, 2.45) is 0 Å². The Hall–Kier alpha value is -2.54. The lowest BCUT2D eigenvalue weighted by atomic mass is 10.3. The van der Waals surface area contributed by atoms with Crippen LogP contribution < -0.4 is 10.6 Å². The molecule has 1 aromatic carbocycles. The van der Waals surface area contributed by atoms with Gasteiger partial charge in [0.2, 0.25) is 0 Å². The number of urea groups is 1. The lowest BCUT2D eigenvalue weighted by Gasteiger charge is -2.07. The standard InChI is InChI=1S/C13H11ClFN3O3/c1-6-4-10(11(16-6)12(19)20)18-13(21)17-7-2-3-8(14)9(15)5-7/h2-5,16H,1H3,(H,19,20)(H2,17,18,21). The van der Waals surface area contributed by atoms with Crippen molar-refractivity contribution >= 4 is 35.0 Å². The number of aromatic carboxylic acids is 1. The van der Waals surface area contributed by atoms with E-state index in [0.29, 0.717) is 5.69 Å². The van der Waals surface area contributed by atoms with Crippen LogP contribution in [0.5, 0.6) is 0 Å². The molecule has 0 aliphatic carbocycles. The van der Waals surface area contributed by atoms with Crippen molar-refractivity contribution < 1.29 is 19.1 Å². The third kappa shape index (κ3) is 3.51. The van der Waals surface area contributed by atoms with Gasteiger partial charge in [0.1, 0.15) is 11.5 Å². The Labute approximate surface area is 123 Å². The third-order valence-corrected chi connectivity index (χ3v) is 2.90. The monoisotopic (exact) mass is 311 g/mol. The lowest BCUT2D eigenvalue weighted by molar-refractivity contribution is 0.0692. The van der Waals surface area contributed by atoms with E-state index < -0.39 is 17.8 Å². The van der Waals surface area contributed by atoms with Crippen molar-refractivity contribution in [2.45, 2.75) is 6.92 Å². The number of benzene rings is 1. The quantitative estimate of drug-likeness (QED) is 0.699. The SMILES string of the molecule is Cc1cc(NC(=O)Nc2ccc(Cl)c(F)c2)c(C(=O)O)[nH]1. The van der Waals surface area contributed by atoms with Gasteiger partial charge in [-0.05, 0) is 31.2 Å². The van der Waals surface area contributed by atoms with Crippen molar-refractivity contribution in [2.75, 3.05) is 10.6 Å². The molecule has 110 valence electrons. The average molecular weight is 312 g/mol. The van der Waals surface area contributed by atoms with Gasteiger partial charge in [0.15, 0.2) is 0 Å². The number of carbonyl (C=O) groups excluding carboxylic acids is 1. The lowest BCUT2D eigenvalue weighted by Crippen LogP contribution is -2.20. The van der Waals surface area contributed by atoms with E-state index in [1.807, 2.05) is 0 Å². The van der Waals surface area contributed by atoms with E-state index >= 15 is 0 Å². The van der Waals surface area contributed by atoms with Crippen LogP contribution in [-0.2, 0) is 0 Å². The minimum Gasteiger partial charge on any atom is -0.477 e. The highest BCUT2D eigenvalue weighted by Crippen LogP contribution is 2.20. The molecule has 0 saturated heterocycles. The molecular weight excluding hydrogens is 301 g/mol. The maximum absolute atomic E-state index is 13.2. The number of anilines is 2. The normalized spacial score (nSPS) is 10.2. The van der Waals surface area contributed by atoms with Gasteiger partial charge in [-0.2, -0.15) is 0 Å². The fourth-order valence-electron chi connectivity index (χ4n) is 1.72. The highest BCUT2D eigenvalue weighted by atomic mass is 35.5. The number of rotatable bonds is 3. The van der Waals surface area contributed by atoms with Crippen LogP contribution in [0.4, 0.5) is 20.6 Å². The van der Waals surface area contributed by atoms with Crippen molar-refractivity contribution in [3.05, 3.63) is 46.5 Å². The Bertz CT molecular complexity index is 715. The molecule has 0 saturated carbocycles. The van der Waals surface area contributed by atoms with Crippen LogP contribution >= 0.6 is 11.6 Å². The first-order valence-corrected chi connectivity index (χ1v) is 6.20. The number of nitrogens with one attached hydrogen (secondary N) is 3. The average Bonchev–Trinajstić information content (AvgIpc) is 2.75. The number of carboxylic acids is 1. The molecule has 0 radical (unpaired) electrons. The molecule has 0 bridgehead atoms. The van der Waals surface area contributed by atoms with E-state index in [0.717, 1.165) is 6.07 Å². The molecule has 0 spiro atoms. The first kappa shape index (κ1) is 14.9. The highest BCUT2D eigenvalue weighted by molar-refractivity contribution is 6.30. The Morgan fingerprint density at radius 3 is 2.62 bits per heavy atom. The number of aryl methyl sites for hydroxylation is 1. The Morgan fingerprint density at radius 1 is 1.29 bits per heavy atom. The summed E-state index contributed by atoms with van der Waals surface area (Å²) in [6, 6.07) is 4.56. The molecular formula is C13H11ClFN3O3. The fraction of sp³-hybridized carbons (Fsp3) is 0.0769. The molecule has 1 aromatic heterocycles. The molecule has 2 rings (SSSR count). The smallest absolute Gasteiger partial charge is 0.354 e. The number of hydrogen-bond acceptors (Lipinski definition) is 2. The van der Waals surface area contributed by atoms with Gasteiger partial charge in [-0.1, -0.05) is 11.6 Å². The van der Waals surface area contributed by atoms with Crippen LogP contribution in [0, 0.1) is 12.7 Å². The molecule has 0 unspecified atom stereocenters. The van der Waals surface area contributed by atoms with Crippen LogP contribution in [0.3, 0.4) is 0 Å². The van der Waals surface area contributed by atoms with Gasteiger partial charge in [-0.25, -0.2) is 14.0 Å². The van der Waals surface area contributed by atoms with Gasteiger partial charge in [0.05, 0.1) is 10.7 Å². The van der Waals surface area contributed by atoms with E-state index in [4.69, 9.17) is 16.7 Å². The van der Waals surface area contributed by atoms with Crippen molar-refractivity contribution in [1.82, 2.24) is 4.98 Å². The Morgan fingerprint density at radius 2 is 2.00 bits per heavy atom. The molecule has 6 nitrogen and oxygen atoms in total. The Kier molecular flexibility index (Phi) is 4.13. The molecule has 1 heterocycles. The van der Waals surface area contributed by atoms with E-state index in [1.165, 1.54) is 18.2 Å². The summed E-state index contributed by atoms with van der Waals surface area (Å²) in [4.78, 5) is 25.4. The maximum Gasteiger partial charge on any atom is 0.354 e. The number of halogens is 2. The summed E-state index contributed by atoms with van der Waals surface area (Å²) in [6.07, 6.45) is 0. The minimum atomic E-state index is -1.20. The second-order valence-electron chi connectivity index (χ2n) is 4.25. The van der Waals surface area contributed by atoms with Crippen LogP contribution in [0.15, 0.2) is 24.3 Å². The van der Waals surface area contributed by atoms with Gasteiger partial charge in [-0.15, -0.1) is 0 Å². The third-order valence-electron chi connectivity index (χ3n) is 2.59. The van der Waals surface area contributed by atoms with Gasteiger partial charge in [0.25, 0.3) is 0 Å². The van der Waals surface area contributed by atoms with Gasteiger partial charge in [-0.3, -0.25) is 0 Å². The number of aromatic nitrogens is 1. The van der Waals surface area contributed by atoms with Gasteiger partial charge in [0, 0.05) is 11.4 Å². The van der Waals surface area contributed by atoms with Gasteiger partial charge >= 0.3 is 12.0 Å². The number of carboxylic acid groups (broad SMARTS) is 1. The molecule has 4 N–H and O–H groups in total. The largest absolute Gasteiger partial charge is 0.477 e. The first-order valence-electron chi connectivity index (χ1n) is 5.83. The Balaban J connectivity index is 2.11. The number of aromatic amines is 1. The van der Waals surface area contributed by atoms with E-state index in [2.05, 4.69) is 15.6 Å². The second-order valence-corrected chi connectivity index (χ2v) is 4.66.